The van der Waals surface area contributed by atoms with E-state index in [1.54, 1.807) is 32.9 Å². The molecule has 0 aromatic heterocycles. The molecule has 3 aliphatic rings. The fourth-order valence-corrected chi connectivity index (χ4v) is 12.8. The van der Waals surface area contributed by atoms with E-state index in [0.29, 0.717) is 24.4 Å². The molecule has 1 aliphatic heterocycles. The fourth-order valence-electron chi connectivity index (χ4n) is 11.7. The summed E-state index contributed by atoms with van der Waals surface area (Å²) in [7, 11) is 3.44. The topological polar surface area (TPSA) is 98.8 Å². The number of methoxy groups -OCH3 is 2. The van der Waals surface area contributed by atoms with Crippen LogP contribution >= 0.6 is 11.8 Å². The Balaban J connectivity index is 1.06. The zero-order valence-electron chi connectivity index (χ0n) is 44.5. The molecule has 0 radical (unpaired) electrons. The van der Waals surface area contributed by atoms with E-state index in [1.165, 1.54) is 64.0 Å². The Labute approximate surface area is 442 Å². The smallest absolute Gasteiger partial charge is 0.306 e. The third kappa shape index (κ3) is 10.3. The monoisotopic (exact) mass is 1020 g/mol. The number of unbranched alkanes of at least 4 members (excludes halogenated alkanes) is 1. The van der Waals surface area contributed by atoms with E-state index >= 15 is 0 Å². The summed E-state index contributed by atoms with van der Waals surface area (Å²) in [5.74, 6) is 2.04. The summed E-state index contributed by atoms with van der Waals surface area (Å²) in [6, 6.07) is 36.3. The van der Waals surface area contributed by atoms with Crippen molar-refractivity contribution in [1.29, 1.82) is 0 Å². The van der Waals surface area contributed by atoms with Gasteiger partial charge in [-0.15, -0.1) is 0 Å². The van der Waals surface area contributed by atoms with E-state index in [1.807, 2.05) is 36.4 Å². The molecular weight excluding hydrogens is 945 g/mol. The number of carbonyl (C=O) groups excluding carboxylic acids is 2. The van der Waals surface area contributed by atoms with Gasteiger partial charge >= 0.3 is 11.9 Å². The second-order valence-electron chi connectivity index (χ2n) is 20.4. The first-order valence-corrected chi connectivity index (χ1v) is 27.5. The van der Waals surface area contributed by atoms with E-state index < -0.39 is 17.5 Å². The summed E-state index contributed by atoms with van der Waals surface area (Å²) in [5, 5.41) is 2.15. The first-order chi connectivity index (χ1) is 35.9. The third-order valence-corrected chi connectivity index (χ3v) is 17.5. The highest BCUT2D eigenvalue weighted by Crippen LogP contribution is 2.65. The van der Waals surface area contributed by atoms with Crippen LogP contribution < -0.4 is 18.9 Å². The van der Waals surface area contributed by atoms with Gasteiger partial charge in [0.05, 0.1) is 38.6 Å². The van der Waals surface area contributed by atoms with Crippen LogP contribution in [-0.4, -0.2) is 58.7 Å². The molecule has 6 aromatic carbocycles. The Bertz CT molecular complexity index is 2980. The molecule has 1 heterocycles. The largest absolute Gasteiger partial charge is 0.497 e. The molecule has 0 N–H and O–H groups in total. The molecule has 0 bridgehead atoms. The first-order valence-electron chi connectivity index (χ1n) is 26.7. The summed E-state index contributed by atoms with van der Waals surface area (Å²) < 4.78 is 42.3. The van der Waals surface area contributed by atoms with E-state index in [0.717, 1.165) is 75.3 Å². The minimum Gasteiger partial charge on any atom is -0.497 e. The third-order valence-electron chi connectivity index (χ3n) is 16.1. The molecule has 2 unspecified atom stereocenters. The lowest BCUT2D eigenvalue weighted by Crippen LogP contribution is -2.38. The minimum atomic E-state index is -1.06. The minimum absolute atomic E-state index is 0.0323. The molecule has 10 heteroatoms. The predicted octanol–water partition coefficient (Wildman–Crippen LogP) is 15.1. The van der Waals surface area contributed by atoms with Crippen LogP contribution in [0.5, 0.6) is 23.0 Å². The van der Waals surface area contributed by atoms with Crippen molar-refractivity contribution in [1.82, 2.24) is 0 Å². The predicted molar refractivity (Wildman–Crippen MR) is 295 cm³/mol. The summed E-state index contributed by atoms with van der Waals surface area (Å²) in [6.07, 6.45) is 12.9. The normalized spacial score (nSPS) is 17.2. The van der Waals surface area contributed by atoms with Gasteiger partial charge in [0.25, 0.3) is 0 Å². The quantitative estimate of drug-likeness (QED) is 0.0512. The van der Waals surface area contributed by atoms with Crippen LogP contribution in [0.25, 0.3) is 28.0 Å². The highest BCUT2D eigenvalue weighted by atomic mass is 32.2. The molecule has 1 spiro atoms. The van der Waals surface area contributed by atoms with Crippen molar-refractivity contribution in [3.05, 3.63) is 148 Å². The highest BCUT2D eigenvalue weighted by Gasteiger charge is 2.52. The number of hydrogen-bond acceptors (Lipinski definition) is 10. The summed E-state index contributed by atoms with van der Waals surface area (Å²) in [5.41, 5.74) is 9.92. The number of esters is 2. The number of aryl methyl sites for hydroxylation is 2. The van der Waals surface area contributed by atoms with Gasteiger partial charge in [0.2, 0.25) is 0 Å². The van der Waals surface area contributed by atoms with Gasteiger partial charge in [-0.3, -0.25) is 9.59 Å². The van der Waals surface area contributed by atoms with Crippen LogP contribution in [0.2, 0.25) is 0 Å². The van der Waals surface area contributed by atoms with E-state index in [4.69, 9.17) is 33.2 Å². The van der Waals surface area contributed by atoms with Crippen molar-refractivity contribution in [3.63, 3.8) is 0 Å². The standard InChI is InChI=1S/C64H72O9S/c1-9-12-36-69-41-44(6)72-57(66)29-28-56(65)71-38-37-70-48-26-22-46(23-27-48)64(45-20-24-47(67-7)25-21-45)31-30-50-59-58(49-18-13-14-19-53(49)63(59)34-32-62(10-2,11-3)33-35-63)51-40-55(54(68-8)39-52(51)60(50)73-64)74-61-42(4)16-15-17-43(61)5/h13-27,30-31,39-40,44H,9-12,28-29,32-38,41H2,1-8H3. The van der Waals surface area contributed by atoms with Gasteiger partial charge in [0, 0.05) is 39.0 Å². The lowest BCUT2D eigenvalue weighted by atomic mass is 9.58. The van der Waals surface area contributed by atoms with E-state index in [-0.39, 0.29) is 37.6 Å². The van der Waals surface area contributed by atoms with Gasteiger partial charge in [-0.05, 0) is 140 Å². The van der Waals surface area contributed by atoms with Crippen LogP contribution in [0.1, 0.15) is 131 Å². The van der Waals surface area contributed by atoms with Crippen molar-refractivity contribution >= 4 is 40.5 Å². The van der Waals surface area contributed by atoms with Crippen LogP contribution in [0.4, 0.5) is 0 Å². The van der Waals surface area contributed by atoms with Crippen LogP contribution in [0.15, 0.2) is 119 Å². The second kappa shape index (κ2) is 22.7. The number of ether oxygens (including phenoxy) is 7. The van der Waals surface area contributed by atoms with Crippen molar-refractivity contribution in [2.75, 3.05) is 40.6 Å². The molecule has 1 fully saturated rings. The molecule has 2 atom stereocenters. The molecule has 0 amide bonds. The van der Waals surface area contributed by atoms with Gasteiger partial charge in [-0.25, -0.2) is 0 Å². The zero-order chi connectivity index (χ0) is 52.0. The van der Waals surface area contributed by atoms with Gasteiger partial charge in [-0.2, -0.15) is 0 Å². The maximum Gasteiger partial charge on any atom is 0.306 e. The Morgan fingerprint density at radius 3 is 2.07 bits per heavy atom. The van der Waals surface area contributed by atoms with E-state index in [2.05, 4.69) is 114 Å². The van der Waals surface area contributed by atoms with Gasteiger partial charge in [0.15, 0.2) is 5.60 Å². The molecular formula is C64H72O9S. The average molecular weight is 1020 g/mol. The Morgan fingerprint density at radius 1 is 0.730 bits per heavy atom. The summed E-state index contributed by atoms with van der Waals surface area (Å²) in [4.78, 5) is 27.2. The Kier molecular flexibility index (Phi) is 16.2. The fraction of sp³-hybridized carbons (Fsp3) is 0.406. The lowest BCUT2D eigenvalue weighted by molar-refractivity contribution is -0.155. The summed E-state index contributed by atoms with van der Waals surface area (Å²) >= 11 is 1.77. The van der Waals surface area contributed by atoms with Crippen molar-refractivity contribution in [2.45, 2.75) is 133 Å². The van der Waals surface area contributed by atoms with Crippen molar-refractivity contribution in [3.8, 4) is 34.1 Å². The van der Waals surface area contributed by atoms with Crippen molar-refractivity contribution < 1.29 is 42.7 Å². The molecule has 6 aromatic rings. The number of fused-ring (bicyclic) bond motifs is 10. The van der Waals surface area contributed by atoms with Gasteiger partial charge in [0.1, 0.15) is 42.3 Å². The van der Waals surface area contributed by atoms with Crippen LogP contribution in [-0.2, 0) is 34.8 Å². The van der Waals surface area contributed by atoms with Crippen LogP contribution in [0.3, 0.4) is 0 Å². The van der Waals surface area contributed by atoms with E-state index in [9.17, 15) is 9.59 Å². The molecule has 388 valence electrons. The summed E-state index contributed by atoms with van der Waals surface area (Å²) in [6.45, 7) is 14.1. The molecule has 74 heavy (non-hydrogen) atoms. The number of carbonyl (C=O) groups is 2. The lowest BCUT2D eigenvalue weighted by Gasteiger charge is -2.47. The van der Waals surface area contributed by atoms with Crippen LogP contribution in [0, 0.1) is 19.3 Å². The average Bonchev–Trinajstić information content (AvgIpc) is 3.71. The molecule has 0 saturated heterocycles. The molecule has 9 nitrogen and oxygen atoms in total. The molecule has 2 aliphatic carbocycles. The highest BCUT2D eigenvalue weighted by molar-refractivity contribution is 7.99. The Morgan fingerprint density at radius 2 is 1.41 bits per heavy atom. The number of rotatable bonds is 21. The number of hydrogen-bond donors (Lipinski definition) is 0. The van der Waals surface area contributed by atoms with Crippen molar-refractivity contribution in [2.24, 2.45) is 5.41 Å². The SMILES string of the molecule is CCCCOCC(C)OC(=O)CCC(=O)OCCOc1ccc(C2(c3ccc(OC)cc3)C=Cc3c4c(c5cc(Sc6c(C)cccc6C)c(OC)cc5c3O2)-c2ccccc2C42CCC(CC)(CC)CC2)cc1. The molecule has 9 rings (SSSR count). The first kappa shape index (κ1) is 52.6. The maximum absolute atomic E-state index is 12.6. The number of benzene rings is 6. The zero-order valence-corrected chi connectivity index (χ0v) is 45.3. The molecule has 1 saturated carbocycles. The maximum atomic E-state index is 12.6. The Hall–Kier alpha value is -6.23. The second-order valence-corrected chi connectivity index (χ2v) is 21.5. The van der Waals surface area contributed by atoms with Gasteiger partial charge < -0.3 is 33.2 Å². The van der Waals surface area contributed by atoms with Gasteiger partial charge in [-0.1, -0.05) is 125 Å².